The molecule has 23 heavy (non-hydrogen) atoms. The highest BCUT2D eigenvalue weighted by Gasteiger charge is 2.07. The van der Waals surface area contributed by atoms with Crippen LogP contribution in [0, 0.1) is 0 Å². The zero-order chi connectivity index (χ0) is 16.1. The van der Waals surface area contributed by atoms with E-state index in [0.717, 1.165) is 16.8 Å². The lowest BCUT2D eigenvalue weighted by Gasteiger charge is -2.07. The Bertz CT molecular complexity index is 782. The van der Waals surface area contributed by atoms with Crippen molar-refractivity contribution in [2.24, 2.45) is 0 Å². The predicted molar refractivity (Wildman–Crippen MR) is 90.5 cm³/mol. The monoisotopic (exact) mass is 325 g/mol. The second-order valence-electron chi connectivity index (χ2n) is 5.25. The molecule has 1 heterocycles. The molecule has 116 valence electrons. The highest BCUT2D eigenvalue weighted by Crippen LogP contribution is 2.11. The van der Waals surface area contributed by atoms with Crippen molar-refractivity contribution in [3.8, 4) is 0 Å². The number of nitrogens with zero attached hydrogens (tertiary/aromatic N) is 1. The Morgan fingerprint density at radius 2 is 1.96 bits per heavy atom. The van der Waals surface area contributed by atoms with Crippen molar-refractivity contribution in [2.75, 3.05) is 0 Å². The lowest BCUT2D eigenvalue weighted by Crippen LogP contribution is -2.22. The number of carbonyl (C=O) groups is 1. The van der Waals surface area contributed by atoms with Gasteiger partial charge in [-0.3, -0.25) is 4.79 Å². The molecular formula is C18H16ClN3O. The van der Waals surface area contributed by atoms with Crippen LogP contribution in [0.2, 0.25) is 5.02 Å². The minimum Gasteiger partial charge on any atom is -0.351 e. The number of rotatable bonds is 5. The molecule has 4 nitrogen and oxygen atoms in total. The molecule has 5 heteroatoms. The van der Waals surface area contributed by atoms with Gasteiger partial charge >= 0.3 is 0 Å². The first-order valence-electron chi connectivity index (χ1n) is 7.30. The van der Waals surface area contributed by atoms with Crippen LogP contribution < -0.4 is 5.32 Å². The van der Waals surface area contributed by atoms with Crippen LogP contribution in [0.15, 0.2) is 61.1 Å². The molecule has 0 unspecified atom stereocenters. The third kappa shape index (κ3) is 4.20. The molecule has 0 fully saturated rings. The highest BCUT2D eigenvalue weighted by atomic mass is 35.5. The molecule has 2 aromatic carbocycles. The summed E-state index contributed by atoms with van der Waals surface area (Å²) in [5.74, 6) is -0.0937. The number of aromatic nitrogens is 2. The smallest absolute Gasteiger partial charge is 0.251 e. The summed E-state index contributed by atoms with van der Waals surface area (Å²) in [5, 5.41) is 3.60. The van der Waals surface area contributed by atoms with Gasteiger partial charge in [-0.15, -0.1) is 0 Å². The summed E-state index contributed by atoms with van der Waals surface area (Å²) >= 11 is 5.85. The Hall–Kier alpha value is -2.59. The van der Waals surface area contributed by atoms with Crippen molar-refractivity contribution in [2.45, 2.75) is 13.0 Å². The van der Waals surface area contributed by atoms with Gasteiger partial charge in [-0.1, -0.05) is 35.9 Å². The number of hydrogen-bond donors (Lipinski definition) is 2. The van der Waals surface area contributed by atoms with Gasteiger partial charge in [0, 0.05) is 29.7 Å². The minimum atomic E-state index is -0.0937. The van der Waals surface area contributed by atoms with E-state index in [4.69, 9.17) is 11.6 Å². The van der Waals surface area contributed by atoms with Crippen LogP contribution in [0.5, 0.6) is 0 Å². The van der Waals surface area contributed by atoms with Crippen LogP contribution in [0.25, 0.3) is 0 Å². The predicted octanol–water partition coefficient (Wildman–Crippen LogP) is 3.58. The topological polar surface area (TPSA) is 57.8 Å². The van der Waals surface area contributed by atoms with Gasteiger partial charge in [-0.05, 0) is 35.4 Å². The van der Waals surface area contributed by atoms with Crippen LogP contribution in [0.3, 0.4) is 0 Å². The molecular weight excluding hydrogens is 310 g/mol. The van der Waals surface area contributed by atoms with Gasteiger partial charge in [0.2, 0.25) is 0 Å². The zero-order valence-corrected chi connectivity index (χ0v) is 13.2. The SMILES string of the molecule is O=C(NCc1ccc(Cl)cc1)c1cccc(Cc2c[nH]cn2)c1. The van der Waals surface area contributed by atoms with E-state index in [1.807, 2.05) is 54.7 Å². The third-order valence-electron chi connectivity index (χ3n) is 3.50. The van der Waals surface area contributed by atoms with Gasteiger partial charge in [0.15, 0.2) is 0 Å². The number of halogens is 1. The van der Waals surface area contributed by atoms with Crippen molar-refractivity contribution >= 4 is 17.5 Å². The van der Waals surface area contributed by atoms with Crippen LogP contribution >= 0.6 is 11.6 Å². The van der Waals surface area contributed by atoms with Crippen molar-refractivity contribution in [3.63, 3.8) is 0 Å². The summed E-state index contributed by atoms with van der Waals surface area (Å²) in [7, 11) is 0. The Labute approximate surface area is 139 Å². The summed E-state index contributed by atoms with van der Waals surface area (Å²) < 4.78 is 0. The Morgan fingerprint density at radius 1 is 1.13 bits per heavy atom. The third-order valence-corrected chi connectivity index (χ3v) is 3.75. The van der Waals surface area contributed by atoms with E-state index in [1.54, 1.807) is 6.33 Å². The Kier molecular flexibility index (Phi) is 4.74. The maximum Gasteiger partial charge on any atom is 0.251 e. The second-order valence-corrected chi connectivity index (χ2v) is 5.68. The molecule has 0 spiro atoms. The lowest BCUT2D eigenvalue weighted by molar-refractivity contribution is 0.0951. The fourth-order valence-corrected chi connectivity index (χ4v) is 2.43. The molecule has 1 aromatic heterocycles. The molecule has 2 N–H and O–H groups in total. The first kappa shape index (κ1) is 15.3. The molecule has 0 aliphatic heterocycles. The van der Waals surface area contributed by atoms with Gasteiger partial charge < -0.3 is 10.3 Å². The molecule has 3 aromatic rings. The van der Waals surface area contributed by atoms with E-state index in [0.29, 0.717) is 23.6 Å². The van der Waals surface area contributed by atoms with E-state index < -0.39 is 0 Å². The zero-order valence-electron chi connectivity index (χ0n) is 12.4. The summed E-state index contributed by atoms with van der Waals surface area (Å²) in [6.07, 6.45) is 4.20. The molecule has 0 aliphatic rings. The van der Waals surface area contributed by atoms with Gasteiger partial charge in [-0.2, -0.15) is 0 Å². The number of H-pyrrole nitrogens is 1. The van der Waals surface area contributed by atoms with E-state index in [-0.39, 0.29) is 5.91 Å². The molecule has 0 radical (unpaired) electrons. The molecule has 0 aliphatic carbocycles. The highest BCUT2D eigenvalue weighted by molar-refractivity contribution is 6.30. The first-order valence-corrected chi connectivity index (χ1v) is 7.68. The summed E-state index contributed by atoms with van der Waals surface area (Å²) in [5.41, 5.74) is 3.65. The number of hydrogen-bond acceptors (Lipinski definition) is 2. The number of nitrogens with one attached hydrogen (secondary N) is 2. The van der Waals surface area contributed by atoms with Crippen molar-refractivity contribution in [3.05, 3.63) is 88.5 Å². The quantitative estimate of drug-likeness (QED) is 0.753. The van der Waals surface area contributed by atoms with Gasteiger partial charge in [-0.25, -0.2) is 4.98 Å². The van der Waals surface area contributed by atoms with E-state index in [2.05, 4.69) is 15.3 Å². The van der Waals surface area contributed by atoms with Gasteiger partial charge in [0.1, 0.15) is 0 Å². The fourth-order valence-electron chi connectivity index (χ4n) is 2.31. The number of imidazole rings is 1. The van der Waals surface area contributed by atoms with Crippen LogP contribution in [0.1, 0.15) is 27.2 Å². The summed E-state index contributed by atoms with van der Waals surface area (Å²) in [6, 6.07) is 15.0. The minimum absolute atomic E-state index is 0.0937. The first-order chi connectivity index (χ1) is 11.2. The molecule has 0 saturated heterocycles. The molecule has 0 bridgehead atoms. The Balaban J connectivity index is 1.63. The van der Waals surface area contributed by atoms with Crippen LogP contribution in [-0.4, -0.2) is 15.9 Å². The van der Waals surface area contributed by atoms with E-state index in [1.165, 1.54) is 0 Å². The lowest BCUT2D eigenvalue weighted by atomic mass is 10.1. The normalized spacial score (nSPS) is 10.5. The number of amides is 1. The Morgan fingerprint density at radius 3 is 2.70 bits per heavy atom. The molecule has 0 atom stereocenters. The van der Waals surface area contributed by atoms with Crippen LogP contribution in [-0.2, 0) is 13.0 Å². The average Bonchev–Trinajstić information content (AvgIpc) is 3.07. The number of carbonyl (C=O) groups excluding carboxylic acids is 1. The van der Waals surface area contributed by atoms with Crippen LogP contribution in [0.4, 0.5) is 0 Å². The van der Waals surface area contributed by atoms with Gasteiger partial charge in [0.05, 0.1) is 12.0 Å². The molecule has 3 rings (SSSR count). The second kappa shape index (κ2) is 7.11. The van der Waals surface area contributed by atoms with E-state index in [9.17, 15) is 4.79 Å². The average molecular weight is 326 g/mol. The largest absolute Gasteiger partial charge is 0.351 e. The van der Waals surface area contributed by atoms with Gasteiger partial charge in [0.25, 0.3) is 5.91 Å². The standard InChI is InChI=1S/C18H16ClN3O/c19-16-6-4-13(5-7-16)10-21-18(23)15-3-1-2-14(8-15)9-17-11-20-12-22-17/h1-8,11-12H,9-10H2,(H,20,22)(H,21,23). The maximum atomic E-state index is 12.3. The van der Waals surface area contributed by atoms with Crippen molar-refractivity contribution in [1.29, 1.82) is 0 Å². The molecule has 1 amide bonds. The fraction of sp³-hybridized carbons (Fsp3) is 0.111. The number of aromatic amines is 1. The van der Waals surface area contributed by atoms with Crippen molar-refractivity contribution in [1.82, 2.24) is 15.3 Å². The summed E-state index contributed by atoms with van der Waals surface area (Å²) in [6.45, 7) is 0.472. The molecule has 0 saturated carbocycles. The number of benzene rings is 2. The summed E-state index contributed by atoms with van der Waals surface area (Å²) in [4.78, 5) is 19.4. The van der Waals surface area contributed by atoms with Crippen molar-refractivity contribution < 1.29 is 4.79 Å². The maximum absolute atomic E-state index is 12.3. The van der Waals surface area contributed by atoms with E-state index >= 15 is 0 Å².